The van der Waals surface area contributed by atoms with Crippen molar-refractivity contribution in [3.05, 3.63) is 59.2 Å². The Morgan fingerprint density at radius 1 is 1.33 bits per heavy atom. The van der Waals surface area contributed by atoms with Gasteiger partial charge in [-0.2, -0.15) is 13.2 Å². The molecular weight excluding hydrogens is 371 g/mol. The third kappa shape index (κ3) is 10.0. The number of likely N-dealkylation sites (N-methyl/N-ethyl adjacent to an activating group) is 1. The lowest BCUT2D eigenvalue weighted by atomic mass is 9.86. The Hall–Kier alpha value is -1.26. The maximum atomic E-state index is 12.4. The predicted molar refractivity (Wildman–Crippen MR) is 111 cm³/mol. The summed E-state index contributed by atoms with van der Waals surface area (Å²) in [7, 11) is 0. The Morgan fingerprint density at radius 3 is 2.48 bits per heavy atom. The predicted octanol–water partition coefficient (Wildman–Crippen LogP) is 6.98. The van der Waals surface area contributed by atoms with Gasteiger partial charge < -0.3 is 5.32 Å². The lowest BCUT2D eigenvalue weighted by molar-refractivity contribution is -0.137. The van der Waals surface area contributed by atoms with Crippen molar-refractivity contribution in [3.63, 3.8) is 0 Å². The summed E-state index contributed by atoms with van der Waals surface area (Å²) < 4.78 is 37.3. The minimum absolute atomic E-state index is 0. The van der Waals surface area contributed by atoms with Crippen LogP contribution in [0.15, 0.2) is 48.1 Å². The van der Waals surface area contributed by atoms with E-state index in [-0.39, 0.29) is 18.4 Å². The molecule has 1 nitrogen and oxygen atoms in total. The monoisotopic (exact) mass is 403 g/mol. The zero-order chi connectivity index (χ0) is 19.7. The van der Waals surface area contributed by atoms with Gasteiger partial charge in [-0.05, 0) is 70.5 Å². The molecule has 2 rings (SSSR count). The number of hydrogen-bond acceptors (Lipinski definition) is 1. The Bertz CT molecular complexity index is 608. The van der Waals surface area contributed by atoms with E-state index >= 15 is 0 Å². The van der Waals surface area contributed by atoms with E-state index in [0.29, 0.717) is 12.0 Å². The van der Waals surface area contributed by atoms with Crippen LogP contribution in [0.1, 0.15) is 58.1 Å². The maximum Gasteiger partial charge on any atom is 0.416 e. The normalized spacial score (nSPS) is 17.7. The number of alkyl halides is 3. The largest absolute Gasteiger partial charge is 0.416 e. The van der Waals surface area contributed by atoms with E-state index in [4.69, 9.17) is 0 Å². The van der Waals surface area contributed by atoms with Crippen LogP contribution in [0.5, 0.6) is 0 Å². The van der Waals surface area contributed by atoms with Crippen molar-refractivity contribution in [2.45, 2.75) is 65.6 Å². The van der Waals surface area contributed by atoms with E-state index in [1.54, 1.807) is 11.6 Å². The molecule has 0 bridgehead atoms. The van der Waals surface area contributed by atoms with Crippen LogP contribution in [0.3, 0.4) is 0 Å². The second-order valence-electron chi connectivity index (χ2n) is 7.23. The average molecular weight is 404 g/mol. The summed E-state index contributed by atoms with van der Waals surface area (Å²) in [5.41, 5.74) is 3.04. The first kappa shape index (κ1) is 25.7. The molecule has 0 fully saturated rings. The van der Waals surface area contributed by atoms with Crippen molar-refractivity contribution in [2.75, 3.05) is 6.54 Å². The van der Waals surface area contributed by atoms with E-state index in [2.05, 4.69) is 31.8 Å². The summed E-state index contributed by atoms with van der Waals surface area (Å²) in [6.45, 7) is 13.1. The van der Waals surface area contributed by atoms with Gasteiger partial charge in [-0.25, -0.2) is 0 Å². The zero-order valence-electron chi connectivity index (χ0n) is 16.8. The summed E-state index contributed by atoms with van der Waals surface area (Å²) in [5.74, 6) is 0.767. The lowest BCUT2D eigenvalue weighted by Crippen LogP contribution is -2.27. The average Bonchev–Trinajstić information content (AvgIpc) is 2.55. The molecule has 2 unspecified atom stereocenters. The van der Waals surface area contributed by atoms with Crippen molar-refractivity contribution < 1.29 is 13.2 Å². The van der Waals surface area contributed by atoms with E-state index in [9.17, 15) is 13.2 Å². The van der Waals surface area contributed by atoms with Crippen LogP contribution in [-0.2, 0) is 12.6 Å². The van der Waals surface area contributed by atoms with Crippen molar-refractivity contribution in [2.24, 2.45) is 5.92 Å². The van der Waals surface area contributed by atoms with Crippen LogP contribution in [0, 0.1) is 5.92 Å². The number of benzene rings is 1. The van der Waals surface area contributed by atoms with Gasteiger partial charge in [-0.1, -0.05) is 48.9 Å². The fraction of sp³-hybridized carbons (Fsp3) is 0.545. The molecular formula is C22H33ClF3N. The van der Waals surface area contributed by atoms with E-state index in [0.717, 1.165) is 18.5 Å². The Morgan fingerprint density at radius 2 is 2.00 bits per heavy atom. The highest BCUT2D eigenvalue weighted by Crippen LogP contribution is 2.30. The Labute approximate surface area is 168 Å². The van der Waals surface area contributed by atoms with Crippen molar-refractivity contribution >= 4 is 12.4 Å². The molecule has 1 aliphatic carbocycles. The van der Waals surface area contributed by atoms with Gasteiger partial charge in [-0.15, -0.1) is 12.4 Å². The van der Waals surface area contributed by atoms with Crippen LogP contribution < -0.4 is 5.32 Å². The molecule has 0 aromatic heterocycles. The standard InChI is InChI=1S/C12H16F3N.C10H16.ClH/c1-3-16-9(2)7-10-5-4-6-11(8-10)12(13,14)15;1-8(2)10-6-4-9(3)5-7-10;/h4-6,8-9,16H,3,7H2,1-2H3;4,10H,1,5-7H2,2-3H3;1H. The minimum Gasteiger partial charge on any atom is -0.314 e. The maximum absolute atomic E-state index is 12.4. The molecule has 0 heterocycles. The minimum atomic E-state index is -4.25. The number of rotatable bonds is 5. The third-order valence-electron chi connectivity index (χ3n) is 4.68. The van der Waals surface area contributed by atoms with Gasteiger partial charge in [0.1, 0.15) is 0 Å². The van der Waals surface area contributed by atoms with Crippen LogP contribution in [0.2, 0.25) is 0 Å². The van der Waals surface area contributed by atoms with Gasteiger partial charge in [0.15, 0.2) is 0 Å². The first-order valence-corrected chi connectivity index (χ1v) is 9.34. The molecule has 1 aliphatic rings. The SMILES string of the molecule is C=C(C)C1CC=C(C)CC1.CCNC(C)Cc1cccc(C(F)(F)F)c1.Cl. The molecule has 0 aliphatic heterocycles. The van der Waals surface area contributed by atoms with Crippen molar-refractivity contribution in [1.82, 2.24) is 5.32 Å². The molecule has 0 saturated heterocycles. The van der Waals surface area contributed by atoms with Gasteiger partial charge >= 0.3 is 6.18 Å². The second-order valence-corrected chi connectivity index (χ2v) is 7.23. The second kappa shape index (κ2) is 12.2. The number of hydrogen-bond donors (Lipinski definition) is 1. The molecule has 1 N–H and O–H groups in total. The van der Waals surface area contributed by atoms with Gasteiger partial charge in [0.2, 0.25) is 0 Å². The summed E-state index contributed by atoms with van der Waals surface area (Å²) >= 11 is 0. The molecule has 27 heavy (non-hydrogen) atoms. The molecule has 154 valence electrons. The molecule has 0 spiro atoms. The quantitative estimate of drug-likeness (QED) is 0.523. The van der Waals surface area contributed by atoms with Crippen LogP contribution in [0.4, 0.5) is 13.2 Å². The fourth-order valence-electron chi connectivity index (χ4n) is 3.06. The molecule has 1 aromatic carbocycles. The van der Waals surface area contributed by atoms with Crippen molar-refractivity contribution in [1.29, 1.82) is 0 Å². The van der Waals surface area contributed by atoms with Crippen LogP contribution in [-0.4, -0.2) is 12.6 Å². The third-order valence-corrected chi connectivity index (χ3v) is 4.68. The molecule has 0 saturated carbocycles. The molecule has 1 aromatic rings. The topological polar surface area (TPSA) is 12.0 Å². The van der Waals surface area contributed by atoms with Crippen LogP contribution >= 0.6 is 12.4 Å². The number of allylic oxidation sites excluding steroid dienone is 3. The van der Waals surface area contributed by atoms with Gasteiger partial charge in [0.25, 0.3) is 0 Å². The fourth-order valence-corrected chi connectivity index (χ4v) is 3.06. The molecule has 0 amide bonds. The summed E-state index contributed by atoms with van der Waals surface area (Å²) in [4.78, 5) is 0. The summed E-state index contributed by atoms with van der Waals surface area (Å²) in [5, 5.41) is 3.17. The van der Waals surface area contributed by atoms with E-state index in [1.807, 2.05) is 13.8 Å². The first-order valence-electron chi connectivity index (χ1n) is 9.34. The highest BCUT2D eigenvalue weighted by molar-refractivity contribution is 5.85. The first-order chi connectivity index (χ1) is 12.1. The number of halogens is 4. The van der Waals surface area contributed by atoms with Gasteiger partial charge in [0.05, 0.1) is 5.56 Å². The Balaban J connectivity index is 0.000000531. The van der Waals surface area contributed by atoms with E-state index < -0.39 is 11.7 Å². The number of nitrogens with one attached hydrogen (secondary N) is 1. The summed E-state index contributed by atoms with van der Waals surface area (Å²) in [6.07, 6.45) is 2.52. The van der Waals surface area contributed by atoms with Gasteiger partial charge in [-0.3, -0.25) is 0 Å². The highest BCUT2D eigenvalue weighted by Gasteiger charge is 2.30. The van der Waals surface area contributed by atoms with E-state index in [1.165, 1.54) is 37.0 Å². The molecule has 5 heteroatoms. The summed E-state index contributed by atoms with van der Waals surface area (Å²) in [6, 6.07) is 5.68. The molecule has 0 radical (unpaired) electrons. The smallest absolute Gasteiger partial charge is 0.314 e. The molecule has 2 atom stereocenters. The Kier molecular flexibility index (Phi) is 11.7. The van der Waals surface area contributed by atoms with Crippen LogP contribution in [0.25, 0.3) is 0 Å². The lowest BCUT2D eigenvalue weighted by Gasteiger charge is -2.19. The zero-order valence-corrected chi connectivity index (χ0v) is 17.6. The highest BCUT2D eigenvalue weighted by atomic mass is 35.5. The van der Waals surface area contributed by atoms with Gasteiger partial charge in [0, 0.05) is 6.04 Å². The van der Waals surface area contributed by atoms with Crippen molar-refractivity contribution in [3.8, 4) is 0 Å².